The Balaban J connectivity index is 1.28. The largest absolute Gasteiger partial charge is 0.390 e. The van der Waals surface area contributed by atoms with Gasteiger partial charge in [0, 0.05) is 0 Å². The highest BCUT2D eigenvalue weighted by atomic mass is 19.2. The van der Waals surface area contributed by atoms with E-state index in [1.165, 1.54) is 51.4 Å². The topological polar surface area (TPSA) is 20.2 Å². The number of halogens is 2. The van der Waals surface area contributed by atoms with Crippen molar-refractivity contribution in [2.24, 2.45) is 41.4 Å². The molecule has 0 radical (unpaired) electrons. The van der Waals surface area contributed by atoms with Gasteiger partial charge in [-0.1, -0.05) is 6.92 Å². The zero-order chi connectivity index (χ0) is 17.6. The Morgan fingerprint density at radius 1 is 0.600 bits per heavy atom. The molecule has 0 aromatic rings. The normalized spacial score (nSPS) is 52.1. The van der Waals surface area contributed by atoms with Crippen LogP contribution in [0.15, 0.2) is 0 Å². The van der Waals surface area contributed by atoms with Gasteiger partial charge in [-0.15, -0.1) is 0 Å². The first kappa shape index (κ1) is 18.2. The van der Waals surface area contributed by atoms with E-state index in [0.717, 1.165) is 36.5 Å². The van der Waals surface area contributed by atoms with Gasteiger partial charge in [-0.3, -0.25) is 0 Å². The minimum absolute atomic E-state index is 0.104. The number of hydrogen-bond acceptors (Lipinski definition) is 1. The van der Waals surface area contributed by atoms with Crippen molar-refractivity contribution in [2.45, 2.75) is 96.0 Å². The van der Waals surface area contributed by atoms with Gasteiger partial charge in [0.25, 0.3) is 0 Å². The molecule has 3 heteroatoms. The zero-order valence-corrected chi connectivity index (χ0v) is 15.8. The van der Waals surface area contributed by atoms with Gasteiger partial charge < -0.3 is 5.11 Å². The number of rotatable bonds is 3. The summed E-state index contributed by atoms with van der Waals surface area (Å²) in [4.78, 5) is 0. The van der Waals surface area contributed by atoms with Gasteiger partial charge in [0.05, 0.1) is 6.10 Å². The molecular weight excluding hydrogens is 318 g/mol. The van der Waals surface area contributed by atoms with Crippen LogP contribution in [0.5, 0.6) is 0 Å². The molecule has 0 aromatic heterocycles. The second-order valence-corrected chi connectivity index (χ2v) is 9.93. The van der Waals surface area contributed by atoms with Gasteiger partial charge in [-0.05, 0) is 112 Å². The first-order valence-electron chi connectivity index (χ1n) is 11.0. The van der Waals surface area contributed by atoms with Crippen LogP contribution < -0.4 is 0 Å². The van der Waals surface area contributed by atoms with E-state index >= 15 is 0 Å². The van der Waals surface area contributed by atoms with Crippen molar-refractivity contribution in [1.82, 2.24) is 0 Å². The molecule has 1 N–H and O–H groups in total. The molecule has 1 nitrogen and oxygen atoms in total. The molecule has 4 fully saturated rings. The van der Waals surface area contributed by atoms with E-state index < -0.39 is 18.4 Å². The number of hydrogen-bond donors (Lipinski definition) is 1. The minimum Gasteiger partial charge on any atom is -0.390 e. The average molecular weight is 355 g/mol. The van der Waals surface area contributed by atoms with E-state index in [-0.39, 0.29) is 11.8 Å². The molecule has 4 rings (SSSR count). The van der Waals surface area contributed by atoms with Gasteiger partial charge in [0.1, 0.15) is 6.17 Å². The molecule has 4 aliphatic rings. The molecule has 5 unspecified atom stereocenters. The van der Waals surface area contributed by atoms with Crippen LogP contribution in [0.2, 0.25) is 0 Å². The third kappa shape index (κ3) is 3.77. The smallest absolute Gasteiger partial charge is 0.157 e. The van der Waals surface area contributed by atoms with Crippen molar-refractivity contribution < 1.29 is 13.9 Å². The summed E-state index contributed by atoms with van der Waals surface area (Å²) in [7, 11) is 0. The Hall–Kier alpha value is -0.180. The second-order valence-electron chi connectivity index (χ2n) is 9.93. The summed E-state index contributed by atoms with van der Waals surface area (Å²) in [6.07, 6.45) is 9.48. The first-order valence-corrected chi connectivity index (χ1v) is 11.0. The summed E-state index contributed by atoms with van der Waals surface area (Å²) in [5.41, 5.74) is 0. The number of aliphatic hydroxyl groups excluding tert-OH is 1. The van der Waals surface area contributed by atoms with Crippen LogP contribution in [-0.2, 0) is 0 Å². The summed E-state index contributed by atoms with van der Waals surface area (Å²) >= 11 is 0. The predicted molar refractivity (Wildman–Crippen MR) is 96.7 cm³/mol. The Morgan fingerprint density at radius 3 is 1.36 bits per heavy atom. The maximum absolute atomic E-state index is 14.6. The monoisotopic (exact) mass is 354 g/mol. The zero-order valence-electron chi connectivity index (χ0n) is 15.8. The standard InChI is InChI=1S/C22H36F2O/c1-13-12-19(25)21(23)22(24)20(13)18-10-8-17(9-11-18)16-6-4-15(5-7-16)14-2-3-14/h13-22,25H,2-12H2,1H3. The summed E-state index contributed by atoms with van der Waals surface area (Å²) < 4.78 is 28.6. The van der Waals surface area contributed by atoms with Gasteiger partial charge in [0.2, 0.25) is 0 Å². The summed E-state index contributed by atoms with van der Waals surface area (Å²) in [5.74, 6) is 4.08. The Bertz CT molecular complexity index is 435. The number of alkyl halides is 2. The molecule has 0 heterocycles. The lowest BCUT2D eigenvalue weighted by molar-refractivity contribution is -0.0810. The van der Waals surface area contributed by atoms with Crippen molar-refractivity contribution in [3.05, 3.63) is 0 Å². The van der Waals surface area contributed by atoms with Crippen molar-refractivity contribution in [3.63, 3.8) is 0 Å². The molecule has 0 amide bonds. The van der Waals surface area contributed by atoms with Crippen molar-refractivity contribution in [3.8, 4) is 0 Å². The highest BCUT2D eigenvalue weighted by Gasteiger charge is 2.47. The molecular formula is C22H36F2O. The van der Waals surface area contributed by atoms with Gasteiger partial charge in [-0.2, -0.15) is 0 Å². The molecule has 5 atom stereocenters. The van der Waals surface area contributed by atoms with E-state index in [1.807, 2.05) is 6.92 Å². The highest BCUT2D eigenvalue weighted by Crippen LogP contribution is 2.50. The summed E-state index contributed by atoms with van der Waals surface area (Å²) in [6, 6.07) is 0. The van der Waals surface area contributed by atoms with E-state index in [4.69, 9.17) is 0 Å². The fraction of sp³-hybridized carbons (Fsp3) is 1.00. The predicted octanol–water partition coefficient (Wildman–Crippen LogP) is 5.70. The van der Waals surface area contributed by atoms with Crippen LogP contribution in [0, 0.1) is 41.4 Å². The van der Waals surface area contributed by atoms with Crippen molar-refractivity contribution in [1.29, 1.82) is 0 Å². The molecule has 0 saturated heterocycles. The third-order valence-electron chi connectivity index (χ3n) is 8.44. The van der Waals surface area contributed by atoms with Crippen molar-refractivity contribution >= 4 is 0 Å². The third-order valence-corrected chi connectivity index (χ3v) is 8.44. The minimum atomic E-state index is -1.67. The van der Waals surface area contributed by atoms with Gasteiger partial charge >= 0.3 is 0 Å². The average Bonchev–Trinajstić information content (AvgIpc) is 3.46. The van der Waals surface area contributed by atoms with E-state index in [9.17, 15) is 13.9 Å². The van der Waals surface area contributed by atoms with Gasteiger partial charge in [0.15, 0.2) is 6.17 Å². The van der Waals surface area contributed by atoms with Crippen LogP contribution in [0.4, 0.5) is 8.78 Å². The molecule has 4 aliphatic carbocycles. The highest BCUT2D eigenvalue weighted by molar-refractivity contribution is 4.96. The van der Waals surface area contributed by atoms with E-state index in [1.54, 1.807) is 0 Å². The molecule has 0 bridgehead atoms. The molecule has 0 spiro atoms. The van der Waals surface area contributed by atoms with Crippen molar-refractivity contribution in [2.75, 3.05) is 0 Å². The molecule has 4 saturated carbocycles. The quantitative estimate of drug-likeness (QED) is 0.689. The van der Waals surface area contributed by atoms with Crippen LogP contribution >= 0.6 is 0 Å². The number of aliphatic hydroxyl groups is 1. The fourth-order valence-corrected chi connectivity index (χ4v) is 6.79. The molecule has 144 valence electrons. The van der Waals surface area contributed by atoms with Crippen LogP contribution in [0.3, 0.4) is 0 Å². The Kier molecular flexibility index (Phi) is 5.42. The Morgan fingerprint density at radius 2 is 0.960 bits per heavy atom. The SMILES string of the molecule is CC1CC(O)C(F)C(F)C1C1CCC(C2CCC(C3CC3)CC2)CC1. The van der Waals surface area contributed by atoms with Crippen LogP contribution in [-0.4, -0.2) is 23.6 Å². The van der Waals surface area contributed by atoms with Crippen LogP contribution in [0.1, 0.15) is 77.6 Å². The maximum atomic E-state index is 14.6. The lowest BCUT2D eigenvalue weighted by Crippen LogP contribution is -2.48. The molecule has 0 aliphatic heterocycles. The molecule has 0 aromatic carbocycles. The molecule has 25 heavy (non-hydrogen) atoms. The lowest BCUT2D eigenvalue weighted by Gasteiger charge is -2.45. The lowest BCUT2D eigenvalue weighted by atomic mass is 9.62. The van der Waals surface area contributed by atoms with E-state index in [2.05, 4.69) is 0 Å². The second kappa shape index (κ2) is 7.44. The van der Waals surface area contributed by atoms with E-state index in [0.29, 0.717) is 12.3 Å². The maximum Gasteiger partial charge on any atom is 0.157 e. The first-order chi connectivity index (χ1) is 12.0. The van der Waals surface area contributed by atoms with Crippen LogP contribution in [0.25, 0.3) is 0 Å². The fourth-order valence-electron chi connectivity index (χ4n) is 6.79. The Labute approximate surface area is 152 Å². The summed E-state index contributed by atoms with van der Waals surface area (Å²) in [6.45, 7) is 2.01. The van der Waals surface area contributed by atoms with Gasteiger partial charge in [-0.25, -0.2) is 8.78 Å². The summed E-state index contributed by atoms with van der Waals surface area (Å²) in [5, 5.41) is 9.70.